The van der Waals surface area contributed by atoms with Gasteiger partial charge in [0.05, 0.1) is 41.8 Å². The fraction of sp³-hybridized carbons (Fsp3) is 0.652. The third-order valence-electron chi connectivity index (χ3n) is 6.76. The second-order valence-corrected chi connectivity index (χ2v) is 9.59. The summed E-state index contributed by atoms with van der Waals surface area (Å²) in [5.41, 5.74) is 13.2. The molecule has 2 aromatic rings. The summed E-state index contributed by atoms with van der Waals surface area (Å²) in [5.74, 6) is -6.49. The number of aromatic amines is 1. The molecular formula is C23H29F5N4O3. The molecule has 12 heteroatoms. The molecule has 1 unspecified atom stereocenters. The quantitative estimate of drug-likeness (QED) is 0.401. The minimum Gasteiger partial charge on any atom is -0.378 e. The van der Waals surface area contributed by atoms with Gasteiger partial charge in [-0.2, -0.15) is 13.2 Å². The maximum Gasteiger partial charge on any atom is 0.414 e. The van der Waals surface area contributed by atoms with E-state index >= 15 is 0 Å². The highest BCUT2D eigenvalue weighted by molar-refractivity contribution is 5.80. The van der Waals surface area contributed by atoms with Gasteiger partial charge in [0.15, 0.2) is 6.10 Å². The first kappa shape index (κ1) is 25.8. The van der Waals surface area contributed by atoms with Gasteiger partial charge in [0.2, 0.25) is 5.91 Å². The van der Waals surface area contributed by atoms with Crippen LogP contribution in [0.4, 0.5) is 22.0 Å². The standard InChI is InChI=1S/C23H29F5N4O3/c1-10(35-11(2)23(26,27)28)19(29)21-31-16-6-3-12(7-17(16)32-21)14(9-34-13-4-5-13)18(20(30)33)15-8-22(15,24)25/h3,6-7,10-11,13-15,18-19H,4-5,8-9,29H2,1-2H3,(H2,30,33)(H,31,32)/t10-,11-,14-,15+,18?,19+/m1/s1. The molecular weight excluding hydrogens is 475 g/mol. The van der Waals surface area contributed by atoms with Gasteiger partial charge in [0.25, 0.3) is 5.92 Å². The van der Waals surface area contributed by atoms with E-state index in [0.717, 1.165) is 19.8 Å². The lowest BCUT2D eigenvalue weighted by atomic mass is 9.82. The molecule has 0 radical (unpaired) electrons. The lowest BCUT2D eigenvalue weighted by molar-refractivity contribution is -0.227. The molecule has 0 saturated heterocycles. The Kier molecular flexibility index (Phi) is 6.84. The Bertz CT molecular complexity index is 1070. The summed E-state index contributed by atoms with van der Waals surface area (Å²) in [7, 11) is 0. The molecule has 2 fully saturated rings. The van der Waals surface area contributed by atoms with Crippen molar-refractivity contribution in [3.05, 3.63) is 29.6 Å². The zero-order valence-electron chi connectivity index (χ0n) is 19.3. The highest BCUT2D eigenvalue weighted by Crippen LogP contribution is 2.56. The van der Waals surface area contributed by atoms with E-state index in [0.29, 0.717) is 16.6 Å². The molecule has 5 N–H and O–H groups in total. The molecule has 0 bridgehead atoms. The molecule has 0 spiro atoms. The molecule has 35 heavy (non-hydrogen) atoms. The van der Waals surface area contributed by atoms with Crippen molar-refractivity contribution in [3.63, 3.8) is 0 Å². The number of fused-ring (bicyclic) bond motifs is 1. The van der Waals surface area contributed by atoms with Crippen LogP contribution in [-0.4, -0.2) is 52.9 Å². The molecule has 1 heterocycles. The Balaban J connectivity index is 1.58. The molecule has 7 nitrogen and oxygen atoms in total. The maximum absolute atomic E-state index is 13.9. The molecule has 2 saturated carbocycles. The van der Waals surface area contributed by atoms with Gasteiger partial charge in [-0.3, -0.25) is 4.79 Å². The highest BCUT2D eigenvalue weighted by atomic mass is 19.4. The molecule has 1 amide bonds. The summed E-state index contributed by atoms with van der Waals surface area (Å²) in [5, 5.41) is 0. The van der Waals surface area contributed by atoms with Crippen LogP contribution in [0.25, 0.3) is 11.0 Å². The number of nitrogens with two attached hydrogens (primary N) is 2. The number of ether oxygens (including phenoxy) is 2. The number of halogens is 5. The summed E-state index contributed by atoms with van der Waals surface area (Å²) in [4.78, 5) is 19.6. The first-order valence-electron chi connectivity index (χ1n) is 11.5. The molecule has 194 valence electrons. The van der Waals surface area contributed by atoms with Crippen molar-refractivity contribution in [1.82, 2.24) is 9.97 Å². The summed E-state index contributed by atoms with van der Waals surface area (Å²) in [6.45, 7) is 2.39. The van der Waals surface area contributed by atoms with Crippen LogP contribution in [0, 0.1) is 11.8 Å². The van der Waals surface area contributed by atoms with Crippen LogP contribution in [-0.2, 0) is 14.3 Å². The van der Waals surface area contributed by atoms with E-state index in [9.17, 15) is 26.7 Å². The van der Waals surface area contributed by atoms with Gasteiger partial charge < -0.3 is 25.9 Å². The number of carbonyl (C=O) groups excluding carboxylic acids is 1. The normalized spacial score (nSPS) is 24.1. The third-order valence-corrected chi connectivity index (χ3v) is 6.76. The number of H-pyrrole nitrogens is 1. The lowest BCUT2D eigenvalue weighted by Crippen LogP contribution is -2.36. The number of primary amides is 1. The van der Waals surface area contributed by atoms with E-state index in [1.807, 2.05) is 0 Å². The van der Waals surface area contributed by atoms with Crippen molar-refractivity contribution in [2.45, 2.75) is 75.5 Å². The van der Waals surface area contributed by atoms with Gasteiger partial charge in [-0.25, -0.2) is 13.8 Å². The first-order chi connectivity index (χ1) is 16.3. The smallest absolute Gasteiger partial charge is 0.378 e. The van der Waals surface area contributed by atoms with Crippen molar-refractivity contribution in [1.29, 1.82) is 0 Å². The number of nitrogens with one attached hydrogen (secondary N) is 1. The topological polar surface area (TPSA) is 116 Å². The number of benzene rings is 1. The van der Waals surface area contributed by atoms with Gasteiger partial charge in [-0.15, -0.1) is 0 Å². The molecule has 6 atom stereocenters. The molecule has 1 aromatic carbocycles. The summed E-state index contributed by atoms with van der Waals surface area (Å²) >= 11 is 0. The zero-order chi connectivity index (χ0) is 25.7. The molecule has 1 aromatic heterocycles. The second kappa shape index (κ2) is 9.29. The average molecular weight is 505 g/mol. The van der Waals surface area contributed by atoms with Crippen LogP contribution in [0.5, 0.6) is 0 Å². The maximum atomic E-state index is 13.9. The van der Waals surface area contributed by atoms with Crippen molar-refractivity contribution in [2.75, 3.05) is 6.61 Å². The fourth-order valence-electron chi connectivity index (χ4n) is 4.32. The number of amides is 1. The third kappa shape index (κ3) is 5.75. The van der Waals surface area contributed by atoms with E-state index < -0.39 is 60.4 Å². The number of nitrogens with zero attached hydrogens (tertiary/aromatic N) is 1. The van der Waals surface area contributed by atoms with Crippen molar-refractivity contribution >= 4 is 16.9 Å². The lowest BCUT2D eigenvalue weighted by Gasteiger charge is -2.25. The van der Waals surface area contributed by atoms with Gasteiger partial charge in [-0.05, 0) is 44.4 Å². The zero-order valence-corrected chi connectivity index (χ0v) is 19.3. The minimum absolute atomic E-state index is 0.0480. The summed E-state index contributed by atoms with van der Waals surface area (Å²) in [6, 6.07) is 3.99. The van der Waals surface area contributed by atoms with Gasteiger partial charge in [0.1, 0.15) is 5.82 Å². The summed E-state index contributed by atoms with van der Waals surface area (Å²) in [6.07, 6.45) is -6.13. The predicted octanol–water partition coefficient (Wildman–Crippen LogP) is 3.94. The fourth-order valence-corrected chi connectivity index (χ4v) is 4.32. The number of hydrogen-bond acceptors (Lipinski definition) is 5. The molecule has 2 aliphatic rings. The largest absolute Gasteiger partial charge is 0.414 e. The monoisotopic (exact) mass is 504 g/mol. The highest BCUT2D eigenvalue weighted by Gasteiger charge is 2.63. The van der Waals surface area contributed by atoms with E-state index in [1.54, 1.807) is 18.2 Å². The van der Waals surface area contributed by atoms with Crippen LogP contribution in [0.15, 0.2) is 18.2 Å². The second-order valence-electron chi connectivity index (χ2n) is 9.59. The van der Waals surface area contributed by atoms with Crippen molar-refractivity contribution < 1.29 is 36.2 Å². The molecule has 0 aliphatic heterocycles. The van der Waals surface area contributed by atoms with E-state index in [-0.39, 0.29) is 18.5 Å². The van der Waals surface area contributed by atoms with Crippen molar-refractivity contribution in [2.24, 2.45) is 23.3 Å². The Labute approximate surface area is 198 Å². The number of alkyl halides is 5. The van der Waals surface area contributed by atoms with E-state index in [1.165, 1.54) is 6.92 Å². The number of rotatable bonds is 11. The van der Waals surface area contributed by atoms with Gasteiger partial charge >= 0.3 is 6.18 Å². The number of imidazole rings is 1. The average Bonchev–Trinajstić information content (AvgIpc) is 3.65. The number of hydrogen-bond donors (Lipinski definition) is 3. The Hall–Kier alpha value is -2.31. The van der Waals surface area contributed by atoms with Crippen molar-refractivity contribution in [3.8, 4) is 0 Å². The Morgan fingerprint density at radius 3 is 2.49 bits per heavy atom. The first-order valence-corrected chi connectivity index (χ1v) is 11.5. The van der Waals surface area contributed by atoms with Crippen LogP contribution in [0.3, 0.4) is 0 Å². The SMILES string of the molecule is C[C@@H](O[C@H](C)C(F)(F)F)[C@H](N)c1nc2ccc([C@@H](COC3CC3)C(C(N)=O)[C@@H]3CC3(F)F)cc2[nH]1. The van der Waals surface area contributed by atoms with E-state index in [2.05, 4.69) is 9.97 Å². The van der Waals surface area contributed by atoms with E-state index in [4.69, 9.17) is 20.9 Å². The van der Waals surface area contributed by atoms with Crippen LogP contribution in [0.1, 0.15) is 56.5 Å². The van der Waals surface area contributed by atoms with Gasteiger partial charge in [0, 0.05) is 18.3 Å². The minimum atomic E-state index is -4.52. The van der Waals surface area contributed by atoms with Crippen LogP contribution in [0.2, 0.25) is 0 Å². The molecule has 2 aliphatic carbocycles. The molecule has 4 rings (SSSR count). The summed E-state index contributed by atoms with van der Waals surface area (Å²) < 4.78 is 77.1. The van der Waals surface area contributed by atoms with Crippen LogP contribution < -0.4 is 11.5 Å². The Morgan fingerprint density at radius 2 is 1.94 bits per heavy atom. The van der Waals surface area contributed by atoms with Gasteiger partial charge in [-0.1, -0.05) is 6.07 Å². The number of carbonyl (C=O) groups is 1. The predicted molar refractivity (Wildman–Crippen MR) is 117 cm³/mol. The number of aromatic nitrogens is 2. The van der Waals surface area contributed by atoms with Crippen LogP contribution >= 0.6 is 0 Å². The Morgan fingerprint density at radius 1 is 1.29 bits per heavy atom.